The summed E-state index contributed by atoms with van der Waals surface area (Å²) < 4.78 is 11.2. The van der Waals surface area contributed by atoms with Crippen molar-refractivity contribution in [2.24, 2.45) is 5.73 Å². The van der Waals surface area contributed by atoms with Crippen molar-refractivity contribution in [3.63, 3.8) is 0 Å². The Morgan fingerprint density at radius 2 is 2.04 bits per heavy atom. The third kappa shape index (κ3) is 4.61. The van der Waals surface area contributed by atoms with Crippen LogP contribution in [0.15, 0.2) is 16.7 Å². The Labute approximate surface area is 149 Å². The maximum absolute atomic E-state index is 12.5. The highest BCUT2D eigenvalue weighted by Gasteiger charge is 2.27. The van der Waals surface area contributed by atoms with E-state index in [0.717, 1.165) is 52.4 Å². The van der Waals surface area contributed by atoms with E-state index in [1.165, 1.54) is 6.26 Å². The first-order valence-electron chi connectivity index (χ1n) is 9.21. The van der Waals surface area contributed by atoms with E-state index < -0.39 is 0 Å². The molecule has 0 radical (unpaired) electrons. The lowest BCUT2D eigenvalue weighted by Gasteiger charge is -2.40. The van der Waals surface area contributed by atoms with E-state index in [-0.39, 0.29) is 12.0 Å². The van der Waals surface area contributed by atoms with Crippen LogP contribution in [0.25, 0.3) is 0 Å². The third-order valence-corrected chi connectivity index (χ3v) is 5.12. The lowest BCUT2D eigenvalue weighted by Crippen LogP contribution is -2.54. The van der Waals surface area contributed by atoms with Gasteiger partial charge in [0.05, 0.1) is 24.8 Å². The van der Waals surface area contributed by atoms with Crippen LogP contribution in [0.3, 0.4) is 0 Å². The van der Waals surface area contributed by atoms with E-state index in [0.29, 0.717) is 23.9 Å². The van der Waals surface area contributed by atoms with Crippen LogP contribution in [-0.2, 0) is 11.3 Å². The number of nitrogens with zero attached hydrogens (tertiary/aromatic N) is 3. The van der Waals surface area contributed by atoms with E-state index in [4.69, 9.17) is 14.9 Å². The molecule has 3 rings (SSSR count). The average Bonchev–Trinajstić information content (AvgIpc) is 3.11. The molecule has 2 fully saturated rings. The Bertz CT molecular complexity index is 566. The molecule has 0 aromatic carbocycles. The Morgan fingerprint density at radius 1 is 1.28 bits per heavy atom. The molecule has 0 spiro atoms. The monoisotopic (exact) mass is 350 g/mol. The highest BCUT2D eigenvalue weighted by atomic mass is 16.5. The summed E-state index contributed by atoms with van der Waals surface area (Å²) in [5, 5.41) is 0. The van der Waals surface area contributed by atoms with Gasteiger partial charge in [0, 0.05) is 51.9 Å². The van der Waals surface area contributed by atoms with Gasteiger partial charge in [0.15, 0.2) is 0 Å². The van der Waals surface area contributed by atoms with Gasteiger partial charge >= 0.3 is 0 Å². The van der Waals surface area contributed by atoms with Gasteiger partial charge in [0.1, 0.15) is 12.0 Å². The minimum Gasteiger partial charge on any atom is -0.467 e. The molecule has 7 heteroatoms. The van der Waals surface area contributed by atoms with Gasteiger partial charge in [-0.05, 0) is 19.9 Å². The zero-order valence-electron chi connectivity index (χ0n) is 15.3. The zero-order chi connectivity index (χ0) is 17.8. The first-order chi connectivity index (χ1) is 12.1. The van der Waals surface area contributed by atoms with Crippen molar-refractivity contribution in [3.05, 3.63) is 23.7 Å². The fourth-order valence-electron chi connectivity index (χ4n) is 3.53. The smallest absolute Gasteiger partial charge is 0.257 e. The van der Waals surface area contributed by atoms with Gasteiger partial charge in [-0.3, -0.25) is 14.6 Å². The zero-order valence-corrected chi connectivity index (χ0v) is 15.3. The Hall–Kier alpha value is -1.41. The number of carbonyl (C=O) groups is 1. The van der Waals surface area contributed by atoms with Crippen molar-refractivity contribution in [2.75, 3.05) is 52.4 Å². The molecule has 1 aromatic rings. The number of amides is 1. The van der Waals surface area contributed by atoms with Crippen molar-refractivity contribution in [1.82, 2.24) is 14.7 Å². The molecular weight excluding hydrogens is 320 g/mol. The fourth-order valence-corrected chi connectivity index (χ4v) is 3.53. The number of rotatable bonds is 5. The van der Waals surface area contributed by atoms with Crippen LogP contribution in [0, 0.1) is 0 Å². The molecule has 2 saturated heterocycles. The van der Waals surface area contributed by atoms with E-state index in [9.17, 15) is 4.79 Å². The van der Waals surface area contributed by atoms with Gasteiger partial charge in [-0.1, -0.05) is 0 Å². The normalized spacial score (nSPS) is 23.4. The van der Waals surface area contributed by atoms with Gasteiger partial charge in [-0.15, -0.1) is 0 Å². The fraction of sp³-hybridized carbons (Fsp3) is 0.722. The summed E-state index contributed by atoms with van der Waals surface area (Å²) in [5.41, 5.74) is 6.13. The van der Waals surface area contributed by atoms with Crippen molar-refractivity contribution >= 4 is 5.91 Å². The molecule has 3 heterocycles. The van der Waals surface area contributed by atoms with E-state index >= 15 is 0 Å². The average molecular weight is 350 g/mol. The number of ether oxygens (including phenoxy) is 1. The first-order valence-corrected chi connectivity index (χ1v) is 9.21. The number of nitrogens with two attached hydrogens (primary N) is 1. The van der Waals surface area contributed by atoms with Crippen LogP contribution < -0.4 is 5.73 Å². The predicted molar refractivity (Wildman–Crippen MR) is 95.4 cm³/mol. The molecule has 2 aliphatic heterocycles. The van der Waals surface area contributed by atoms with Crippen molar-refractivity contribution in [1.29, 1.82) is 0 Å². The van der Waals surface area contributed by atoms with Gasteiger partial charge in [-0.2, -0.15) is 0 Å². The molecule has 0 bridgehead atoms. The quantitative estimate of drug-likeness (QED) is 0.838. The lowest BCUT2D eigenvalue weighted by molar-refractivity contribution is -0.0555. The Morgan fingerprint density at radius 3 is 2.68 bits per heavy atom. The van der Waals surface area contributed by atoms with Crippen LogP contribution in [0.4, 0.5) is 0 Å². The summed E-state index contributed by atoms with van der Waals surface area (Å²) in [7, 11) is 0. The van der Waals surface area contributed by atoms with Gasteiger partial charge < -0.3 is 19.8 Å². The van der Waals surface area contributed by atoms with Gasteiger partial charge in [0.25, 0.3) is 5.91 Å². The molecule has 7 nitrogen and oxygen atoms in total. The molecular formula is C18H30N4O3. The van der Waals surface area contributed by atoms with E-state index in [1.54, 1.807) is 6.07 Å². The Balaban J connectivity index is 1.46. The third-order valence-electron chi connectivity index (χ3n) is 5.12. The number of carbonyl (C=O) groups excluding carboxylic acids is 1. The molecule has 25 heavy (non-hydrogen) atoms. The number of furan rings is 1. The Kier molecular flexibility index (Phi) is 6.11. The van der Waals surface area contributed by atoms with Gasteiger partial charge in [-0.25, -0.2) is 0 Å². The summed E-state index contributed by atoms with van der Waals surface area (Å²) in [6, 6.07) is 2.31. The van der Waals surface area contributed by atoms with Crippen molar-refractivity contribution in [2.45, 2.75) is 32.5 Å². The van der Waals surface area contributed by atoms with Gasteiger partial charge in [0.2, 0.25) is 0 Å². The molecule has 2 aliphatic rings. The highest BCUT2D eigenvalue weighted by Crippen LogP contribution is 2.14. The second-order valence-electron chi connectivity index (χ2n) is 7.18. The van der Waals surface area contributed by atoms with E-state index in [1.807, 2.05) is 4.90 Å². The summed E-state index contributed by atoms with van der Waals surface area (Å²) in [6.45, 7) is 11.8. The molecule has 1 aromatic heterocycles. The molecule has 140 valence electrons. The van der Waals surface area contributed by atoms with Crippen molar-refractivity contribution in [3.8, 4) is 0 Å². The molecule has 1 amide bonds. The number of morpholine rings is 1. The summed E-state index contributed by atoms with van der Waals surface area (Å²) in [5.74, 6) is 0.675. The molecule has 1 unspecified atom stereocenters. The van der Waals surface area contributed by atoms with Crippen LogP contribution in [0.2, 0.25) is 0 Å². The number of hydrogen-bond donors (Lipinski definition) is 1. The largest absolute Gasteiger partial charge is 0.467 e. The molecule has 2 N–H and O–H groups in total. The molecule has 1 atom stereocenters. The van der Waals surface area contributed by atoms with E-state index in [2.05, 4.69) is 23.6 Å². The van der Waals surface area contributed by atoms with Crippen LogP contribution >= 0.6 is 0 Å². The first kappa shape index (κ1) is 18.4. The number of hydrogen-bond acceptors (Lipinski definition) is 6. The second-order valence-corrected chi connectivity index (χ2v) is 7.18. The summed E-state index contributed by atoms with van der Waals surface area (Å²) in [6.07, 6.45) is 1.77. The maximum Gasteiger partial charge on any atom is 0.257 e. The van der Waals surface area contributed by atoms with Crippen LogP contribution in [0.1, 0.15) is 30.0 Å². The van der Waals surface area contributed by atoms with Crippen molar-refractivity contribution < 1.29 is 13.9 Å². The summed E-state index contributed by atoms with van der Waals surface area (Å²) >= 11 is 0. The number of piperazine rings is 1. The highest BCUT2D eigenvalue weighted by molar-refractivity contribution is 5.94. The maximum atomic E-state index is 12.5. The SMILES string of the molecule is CC(C)N1CCOC(CN2CCN(C(=O)c3coc(CN)c3)CC2)C1. The topological polar surface area (TPSA) is 75.2 Å². The molecule has 0 aliphatic carbocycles. The minimum absolute atomic E-state index is 0.0306. The van der Waals surface area contributed by atoms with Crippen LogP contribution in [0.5, 0.6) is 0 Å². The second kappa shape index (κ2) is 8.31. The predicted octanol–water partition coefficient (Wildman–Crippen LogP) is 0.605. The summed E-state index contributed by atoms with van der Waals surface area (Å²) in [4.78, 5) is 19.3. The molecule has 0 saturated carbocycles. The van der Waals surface area contributed by atoms with Crippen LogP contribution in [-0.4, -0.2) is 85.2 Å². The standard InChI is InChI=1S/C18H30N4O3/c1-14(2)22-7-8-24-17(12-22)11-20-3-5-21(6-4-20)18(23)15-9-16(10-19)25-13-15/h9,13-14,17H,3-8,10-12,19H2,1-2H3. The lowest BCUT2D eigenvalue weighted by atomic mass is 10.2. The minimum atomic E-state index is 0.0306.